The second-order valence-electron chi connectivity index (χ2n) is 3.96. The summed E-state index contributed by atoms with van der Waals surface area (Å²) in [4.78, 5) is 0. The summed E-state index contributed by atoms with van der Waals surface area (Å²) in [5.41, 5.74) is 2.28. The van der Waals surface area contributed by atoms with Crippen molar-refractivity contribution in [2.45, 2.75) is 24.7 Å². The van der Waals surface area contributed by atoms with E-state index in [-0.39, 0.29) is 0 Å². The van der Waals surface area contributed by atoms with Gasteiger partial charge in [-0.05, 0) is 36.2 Å². The summed E-state index contributed by atoms with van der Waals surface area (Å²) in [5, 5.41) is 0. The van der Waals surface area contributed by atoms with Gasteiger partial charge >= 0.3 is 0 Å². The molecular weight excluding hydrogens is 132 g/mol. The Morgan fingerprint density at radius 1 is 1.18 bits per heavy atom. The molecule has 2 saturated carbocycles. The van der Waals surface area contributed by atoms with Gasteiger partial charge in [0.05, 0.1) is 0 Å². The zero-order chi connectivity index (χ0) is 7.31. The van der Waals surface area contributed by atoms with Gasteiger partial charge in [-0.1, -0.05) is 30.3 Å². The smallest absolute Gasteiger partial charge is 0.00154 e. The van der Waals surface area contributed by atoms with Gasteiger partial charge in [-0.3, -0.25) is 0 Å². The van der Waals surface area contributed by atoms with Crippen LogP contribution >= 0.6 is 0 Å². The molecule has 1 aromatic rings. The molecule has 0 aromatic heterocycles. The highest BCUT2D eigenvalue weighted by atomic mass is 14.6. The molecule has 2 aliphatic carbocycles. The minimum Gasteiger partial charge on any atom is -0.0622 e. The number of fused-ring (bicyclic) bond motifs is 1. The summed E-state index contributed by atoms with van der Waals surface area (Å²) in [6.07, 6.45) is 4.40. The minimum absolute atomic E-state index is 0.682. The Hall–Kier alpha value is -0.780. The van der Waals surface area contributed by atoms with Gasteiger partial charge in [0.1, 0.15) is 0 Å². The van der Waals surface area contributed by atoms with Gasteiger partial charge in [-0.15, -0.1) is 0 Å². The van der Waals surface area contributed by atoms with Gasteiger partial charge in [-0.2, -0.15) is 0 Å². The summed E-state index contributed by atoms with van der Waals surface area (Å²) in [6, 6.07) is 11.0. The molecule has 0 heterocycles. The summed E-state index contributed by atoms with van der Waals surface area (Å²) < 4.78 is 0. The Kier molecular flexibility index (Phi) is 0.892. The van der Waals surface area contributed by atoms with Crippen molar-refractivity contribution < 1.29 is 0 Å². The van der Waals surface area contributed by atoms with Crippen LogP contribution in [0.5, 0.6) is 0 Å². The molecule has 2 atom stereocenters. The molecule has 2 aliphatic rings. The van der Waals surface area contributed by atoms with E-state index in [0.29, 0.717) is 5.41 Å². The lowest BCUT2D eigenvalue weighted by molar-refractivity contribution is 0.400. The van der Waals surface area contributed by atoms with Crippen molar-refractivity contribution in [2.24, 2.45) is 5.92 Å². The number of rotatable bonds is 1. The minimum atomic E-state index is 0.682. The Morgan fingerprint density at radius 3 is 2.45 bits per heavy atom. The van der Waals surface area contributed by atoms with Crippen LogP contribution in [0.25, 0.3) is 0 Å². The monoisotopic (exact) mass is 144 g/mol. The van der Waals surface area contributed by atoms with Gasteiger partial charge in [0.15, 0.2) is 0 Å². The molecule has 2 unspecified atom stereocenters. The third-order valence-electron chi connectivity index (χ3n) is 3.52. The van der Waals surface area contributed by atoms with Crippen LogP contribution in [-0.4, -0.2) is 0 Å². The van der Waals surface area contributed by atoms with E-state index >= 15 is 0 Å². The van der Waals surface area contributed by atoms with Crippen molar-refractivity contribution in [1.29, 1.82) is 0 Å². The lowest BCUT2D eigenvalue weighted by Crippen LogP contribution is -2.18. The average Bonchev–Trinajstić information content (AvgIpc) is 2.57. The maximum absolute atomic E-state index is 2.29. The zero-order valence-corrected chi connectivity index (χ0v) is 6.59. The number of benzene rings is 1. The first kappa shape index (κ1) is 5.82. The summed E-state index contributed by atoms with van der Waals surface area (Å²) in [7, 11) is 0. The van der Waals surface area contributed by atoms with Gasteiger partial charge in [0, 0.05) is 0 Å². The number of hydrogen-bond acceptors (Lipinski definition) is 0. The fraction of sp³-hybridized carbons (Fsp3) is 0.455. The first-order valence-electron chi connectivity index (χ1n) is 4.47. The van der Waals surface area contributed by atoms with Crippen LogP contribution in [0.1, 0.15) is 24.8 Å². The second-order valence-corrected chi connectivity index (χ2v) is 3.96. The topological polar surface area (TPSA) is 0 Å². The van der Waals surface area contributed by atoms with Crippen LogP contribution in [-0.2, 0) is 5.41 Å². The predicted molar refractivity (Wildman–Crippen MR) is 45.5 cm³/mol. The summed E-state index contributed by atoms with van der Waals surface area (Å²) in [5.74, 6) is 1.06. The molecule has 0 bridgehead atoms. The Labute approximate surface area is 67.2 Å². The first-order valence-corrected chi connectivity index (χ1v) is 4.47. The predicted octanol–water partition coefficient (Wildman–Crippen LogP) is 2.74. The zero-order valence-electron chi connectivity index (χ0n) is 6.59. The highest BCUT2D eigenvalue weighted by molar-refractivity contribution is 5.37. The molecule has 0 amide bonds. The van der Waals surface area contributed by atoms with E-state index in [1.807, 2.05) is 0 Å². The quantitative estimate of drug-likeness (QED) is 0.568. The van der Waals surface area contributed by atoms with E-state index < -0.39 is 0 Å². The van der Waals surface area contributed by atoms with E-state index in [4.69, 9.17) is 0 Å². The first-order chi connectivity index (χ1) is 5.42. The Bertz CT molecular complexity index is 271. The van der Waals surface area contributed by atoms with Gasteiger partial charge in [-0.25, -0.2) is 0 Å². The van der Waals surface area contributed by atoms with E-state index in [2.05, 4.69) is 30.3 Å². The highest BCUT2D eigenvalue weighted by Gasteiger charge is 2.61. The van der Waals surface area contributed by atoms with E-state index in [1.165, 1.54) is 19.3 Å². The molecule has 0 aliphatic heterocycles. The van der Waals surface area contributed by atoms with Gasteiger partial charge in [0.2, 0.25) is 0 Å². The van der Waals surface area contributed by atoms with Crippen molar-refractivity contribution in [3.8, 4) is 0 Å². The van der Waals surface area contributed by atoms with Crippen LogP contribution < -0.4 is 0 Å². The van der Waals surface area contributed by atoms with E-state index in [9.17, 15) is 0 Å². The average molecular weight is 144 g/mol. The molecule has 0 spiro atoms. The molecule has 0 nitrogen and oxygen atoms in total. The molecule has 0 saturated heterocycles. The molecule has 2 fully saturated rings. The lowest BCUT2D eigenvalue weighted by Gasteiger charge is -2.25. The SMILES string of the molecule is c1ccc(C23CCC2C3)cc1. The van der Waals surface area contributed by atoms with Crippen molar-refractivity contribution in [1.82, 2.24) is 0 Å². The van der Waals surface area contributed by atoms with Crippen molar-refractivity contribution in [3.05, 3.63) is 35.9 Å². The van der Waals surface area contributed by atoms with Crippen LogP contribution in [0.15, 0.2) is 30.3 Å². The second kappa shape index (κ2) is 1.69. The molecule has 3 rings (SSSR count). The molecule has 0 heteroatoms. The maximum atomic E-state index is 2.29. The van der Waals surface area contributed by atoms with Crippen LogP contribution in [0, 0.1) is 5.92 Å². The molecule has 56 valence electrons. The molecule has 11 heavy (non-hydrogen) atoms. The van der Waals surface area contributed by atoms with E-state index in [1.54, 1.807) is 5.56 Å². The number of hydrogen-bond donors (Lipinski definition) is 0. The third-order valence-corrected chi connectivity index (χ3v) is 3.52. The molecule has 0 N–H and O–H groups in total. The fourth-order valence-electron chi connectivity index (χ4n) is 2.55. The normalized spacial score (nSPS) is 39.1. The van der Waals surface area contributed by atoms with Gasteiger partial charge < -0.3 is 0 Å². The molecular formula is C11H12. The lowest BCUT2D eigenvalue weighted by atomic mass is 9.79. The largest absolute Gasteiger partial charge is 0.0622 e. The summed E-state index contributed by atoms with van der Waals surface area (Å²) in [6.45, 7) is 0. The maximum Gasteiger partial charge on any atom is -0.00154 e. The standard InChI is InChI=1S/C11H12/c1-2-4-9(5-3-1)11-7-6-10(11)8-11/h1-5,10H,6-8H2. The summed E-state index contributed by atoms with van der Waals surface area (Å²) >= 11 is 0. The highest BCUT2D eigenvalue weighted by Crippen LogP contribution is 2.68. The van der Waals surface area contributed by atoms with Crippen LogP contribution in [0.2, 0.25) is 0 Å². The van der Waals surface area contributed by atoms with Crippen molar-refractivity contribution >= 4 is 0 Å². The third kappa shape index (κ3) is 0.604. The van der Waals surface area contributed by atoms with Crippen molar-refractivity contribution in [2.75, 3.05) is 0 Å². The van der Waals surface area contributed by atoms with Crippen LogP contribution in [0.3, 0.4) is 0 Å². The molecule has 0 radical (unpaired) electrons. The van der Waals surface area contributed by atoms with Crippen LogP contribution in [0.4, 0.5) is 0 Å². The van der Waals surface area contributed by atoms with E-state index in [0.717, 1.165) is 5.92 Å². The fourth-order valence-corrected chi connectivity index (χ4v) is 2.55. The Balaban J connectivity index is 2.01. The van der Waals surface area contributed by atoms with Crippen molar-refractivity contribution in [3.63, 3.8) is 0 Å². The Morgan fingerprint density at radius 2 is 2.00 bits per heavy atom. The van der Waals surface area contributed by atoms with Gasteiger partial charge in [0.25, 0.3) is 0 Å². The molecule has 1 aromatic carbocycles.